The summed E-state index contributed by atoms with van der Waals surface area (Å²) in [5.41, 5.74) is -3.86. The second kappa shape index (κ2) is 6.28. The highest BCUT2D eigenvalue weighted by atomic mass is 79.9. The molecule has 0 saturated carbocycles. The molecule has 0 aromatic heterocycles. The standard InChI is InChI=1S/C13H10BrF3N2O2/c1-2-12(21,7-14)11(20)19-9-4-3-8(6-18)10(5-9)13(15,16)17/h2-5,21H,1,7H2,(H,19,20)/t12-/m0/s1. The third-order valence-electron chi connectivity index (χ3n) is 2.64. The normalized spacial score (nSPS) is 13.9. The first-order valence-corrected chi connectivity index (χ1v) is 6.65. The predicted molar refractivity (Wildman–Crippen MR) is 73.7 cm³/mol. The molecule has 0 unspecified atom stereocenters. The van der Waals surface area contributed by atoms with E-state index in [4.69, 9.17) is 5.26 Å². The molecule has 1 atom stereocenters. The largest absolute Gasteiger partial charge is 0.417 e. The Hall–Kier alpha value is -1.85. The van der Waals surface area contributed by atoms with Gasteiger partial charge in [-0.05, 0) is 18.2 Å². The summed E-state index contributed by atoms with van der Waals surface area (Å²) < 4.78 is 38.3. The third kappa shape index (κ3) is 3.83. The lowest BCUT2D eigenvalue weighted by atomic mass is 10.0. The van der Waals surface area contributed by atoms with Crippen LogP contribution in [0.5, 0.6) is 0 Å². The number of rotatable bonds is 4. The average molecular weight is 363 g/mol. The number of carbonyl (C=O) groups excluding carboxylic acids is 1. The Balaban J connectivity index is 3.15. The van der Waals surface area contributed by atoms with Crippen molar-refractivity contribution in [2.45, 2.75) is 11.8 Å². The first kappa shape index (κ1) is 17.2. The van der Waals surface area contributed by atoms with Crippen LogP contribution in [0.2, 0.25) is 0 Å². The molecule has 1 aromatic carbocycles. The molecule has 0 bridgehead atoms. The fourth-order valence-electron chi connectivity index (χ4n) is 1.40. The molecule has 112 valence electrons. The minimum Gasteiger partial charge on any atom is -0.375 e. The quantitative estimate of drug-likeness (QED) is 0.638. The first-order valence-electron chi connectivity index (χ1n) is 5.52. The maximum Gasteiger partial charge on any atom is 0.417 e. The number of alkyl halides is 4. The Morgan fingerprint density at radius 3 is 2.57 bits per heavy atom. The maximum atomic E-state index is 12.8. The van der Waals surface area contributed by atoms with Crippen LogP contribution in [0, 0.1) is 11.3 Å². The van der Waals surface area contributed by atoms with Crippen molar-refractivity contribution in [2.75, 3.05) is 10.6 Å². The monoisotopic (exact) mass is 362 g/mol. The van der Waals surface area contributed by atoms with Gasteiger partial charge in [0.05, 0.1) is 17.2 Å². The van der Waals surface area contributed by atoms with Crippen molar-refractivity contribution in [1.82, 2.24) is 0 Å². The summed E-state index contributed by atoms with van der Waals surface area (Å²) in [6, 6.07) is 4.15. The zero-order valence-corrected chi connectivity index (χ0v) is 12.1. The minimum absolute atomic E-state index is 0.169. The molecule has 0 radical (unpaired) electrons. The molecule has 0 saturated heterocycles. The van der Waals surface area contributed by atoms with E-state index in [0.717, 1.165) is 18.2 Å². The topological polar surface area (TPSA) is 73.1 Å². The van der Waals surface area contributed by atoms with E-state index in [9.17, 15) is 23.1 Å². The van der Waals surface area contributed by atoms with Crippen molar-refractivity contribution in [1.29, 1.82) is 5.26 Å². The summed E-state index contributed by atoms with van der Waals surface area (Å²) in [5, 5.41) is 20.5. The van der Waals surface area contributed by atoms with Gasteiger partial charge in [-0.15, -0.1) is 0 Å². The van der Waals surface area contributed by atoms with Crippen LogP contribution in [0.4, 0.5) is 18.9 Å². The van der Waals surface area contributed by atoms with E-state index < -0.39 is 28.8 Å². The van der Waals surface area contributed by atoms with Gasteiger partial charge in [0.1, 0.15) is 0 Å². The van der Waals surface area contributed by atoms with Crippen molar-refractivity contribution in [2.24, 2.45) is 0 Å². The lowest BCUT2D eigenvalue weighted by molar-refractivity contribution is -0.137. The van der Waals surface area contributed by atoms with Gasteiger partial charge in [0.15, 0.2) is 5.60 Å². The maximum absolute atomic E-state index is 12.8. The molecule has 1 amide bonds. The number of carbonyl (C=O) groups is 1. The van der Waals surface area contributed by atoms with Crippen molar-refractivity contribution in [3.63, 3.8) is 0 Å². The van der Waals surface area contributed by atoms with Crippen LogP contribution in [-0.4, -0.2) is 21.9 Å². The third-order valence-corrected chi connectivity index (χ3v) is 3.49. The molecule has 8 heteroatoms. The number of amides is 1. The number of aliphatic hydroxyl groups is 1. The number of hydrogen-bond acceptors (Lipinski definition) is 3. The highest BCUT2D eigenvalue weighted by Gasteiger charge is 2.35. The molecule has 1 rings (SSSR count). The lowest BCUT2D eigenvalue weighted by Crippen LogP contribution is -2.42. The average Bonchev–Trinajstić information content (AvgIpc) is 2.45. The Morgan fingerprint density at radius 2 is 2.14 bits per heavy atom. The van der Waals surface area contributed by atoms with Gasteiger partial charge in [-0.3, -0.25) is 4.79 Å². The Kier molecular flexibility index (Phi) is 5.15. The fourth-order valence-corrected chi connectivity index (χ4v) is 1.88. The second-order valence-corrected chi connectivity index (χ2v) is 4.65. The summed E-state index contributed by atoms with van der Waals surface area (Å²) in [5.74, 6) is -0.938. The van der Waals surface area contributed by atoms with Crippen LogP contribution in [-0.2, 0) is 11.0 Å². The van der Waals surface area contributed by atoms with Gasteiger partial charge in [-0.1, -0.05) is 28.6 Å². The number of halogens is 4. The van der Waals surface area contributed by atoms with Gasteiger partial charge in [0, 0.05) is 11.0 Å². The molecule has 2 N–H and O–H groups in total. The van der Waals surface area contributed by atoms with Gasteiger partial charge in [-0.2, -0.15) is 18.4 Å². The van der Waals surface area contributed by atoms with Gasteiger partial charge in [-0.25, -0.2) is 0 Å². The van der Waals surface area contributed by atoms with E-state index >= 15 is 0 Å². The summed E-state index contributed by atoms with van der Waals surface area (Å²) in [6.07, 6.45) is -3.76. The van der Waals surface area contributed by atoms with Crippen molar-refractivity contribution in [3.8, 4) is 6.07 Å². The molecule has 0 aliphatic heterocycles. The molecule has 0 aliphatic rings. The number of nitriles is 1. The van der Waals surface area contributed by atoms with Crippen LogP contribution in [0.15, 0.2) is 30.9 Å². The smallest absolute Gasteiger partial charge is 0.375 e. The molecule has 0 spiro atoms. The van der Waals surface area contributed by atoms with E-state index in [1.165, 1.54) is 6.07 Å². The molecule has 0 heterocycles. The van der Waals surface area contributed by atoms with E-state index in [0.29, 0.717) is 6.07 Å². The number of nitrogens with one attached hydrogen (secondary N) is 1. The molecular weight excluding hydrogens is 353 g/mol. The van der Waals surface area contributed by atoms with Gasteiger partial charge < -0.3 is 10.4 Å². The van der Waals surface area contributed by atoms with Gasteiger partial charge in [0.2, 0.25) is 0 Å². The number of hydrogen-bond donors (Lipinski definition) is 2. The molecule has 0 fully saturated rings. The van der Waals surface area contributed by atoms with Crippen LogP contribution < -0.4 is 5.32 Å². The molecular formula is C13H10BrF3N2O2. The van der Waals surface area contributed by atoms with E-state index in [1.807, 2.05) is 0 Å². The molecule has 1 aromatic rings. The first-order chi connectivity index (χ1) is 9.67. The van der Waals surface area contributed by atoms with Crippen LogP contribution >= 0.6 is 15.9 Å². The van der Waals surface area contributed by atoms with Crippen molar-refractivity contribution < 1.29 is 23.1 Å². The highest BCUT2D eigenvalue weighted by molar-refractivity contribution is 9.09. The summed E-state index contributed by atoms with van der Waals surface area (Å²) in [4.78, 5) is 11.8. The number of anilines is 1. The Labute approximate surface area is 127 Å². The van der Waals surface area contributed by atoms with Crippen molar-refractivity contribution in [3.05, 3.63) is 42.0 Å². The molecule has 4 nitrogen and oxygen atoms in total. The number of benzene rings is 1. The summed E-state index contributed by atoms with van der Waals surface area (Å²) in [6.45, 7) is 3.29. The zero-order chi connectivity index (χ0) is 16.3. The molecule has 0 aliphatic carbocycles. The summed E-state index contributed by atoms with van der Waals surface area (Å²) in [7, 11) is 0. The van der Waals surface area contributed by atoms with Crippen LogP contribution in [0.3, 0.4) is 0 Å². The van der Waals surface area contributed by atoms with E-state index in [1.54, 1.807) is 0 Å². The fraction of sp³-hybridized carbons (Fsp3) is 0.231. The molecule has 21 heavy (non-hydrogen) atoms. The van der Waals surface area contributed by atoms with E-state index in [2.05, 4.69) is 27.8 Å². The van der Waals surface area contributed by atoms with Crippen LogP contribution in [0.1, 0.15) is 11.1 Å². The highest BCUT2D eigenvalue weighted by Crippen LogP contribution is 2.33. The summed E-state index contributed by atoms with van der Waals surface area (Å²) >= 11 is 2.91. The zero-order valence-electron chi connectivity index (χ0n) is 10.5. The SMILES string of the molecule is C=C[C@](O)(CBr)C(=O)Nc1ccc(C#N)c(C(F)(F)F)c1. The van der Waals surface area contributed by atoms with Crippen molar-refractivity contribution >= 4 is 27.5 Å². The lowest BCUT2D eigenvalue weighted by Gasteiger charge is -2.21. The predicted octanol–water partition coefficient (Wildman–Crippen LogP) is 2.83. The minimum atomic E-state index is -4.73. The van der Waals surface area contributed by atoms with E-state index in [-0.39, 0.29) is 11.0 Å². The number of nitrogens with zero attached hydrogens (tertiary/aromatic N) is 1. The second-order valence-electron chi connectivity index (χ2n) is 4.09. The van der Waals surface area contributed by atoms with Gasteiger partial charge in [0.25, 0.3) is 5.91 Å². The van der Waals surface area contributed by atoms with Gasteiger partial charge >= 0.3 is 6.18 Å². The van der Waals surface area contributed by atoms with Crippen LogP contribution in [0.25, 0.3) is 0 Å². The Bertz CT molecular complexity index is 610. The Morgan fingerprint density at radius 1 is 1.52 bits per heavy atom.